The summed E-state index contributed by atoms with van der Waals surface area (Å²) in [6.07, 6.45) is 0.340. The average molecular weight is 266 g/mol. The maximum absolute atomic E-state index is 11.2. The first-order valence-electron chi connectivity index (χ1n) is 5.28. The molecule has 0 unspecified atom stereocenters. The molecule has 0 atom stereocenters. The molecule has 1 aromatic carbocycles. The van der Waals surface area contributed by atoms with Gasteiger partial charge in [-0.25, -0.2) is 4.79 Å². The number of nitrogen functional groups attached to an aromatic ring is 1. The van der Waals surface area contributed by atoms with E-state index in [2.05, 4.69) is 5.10 Å². The number of aryl methyl sites for hydroxylation is 1. The third kappa shape index (κ3) is 2.17. The van der Waals surface area contributed by atoms with Crippen molar-refractivity contribution in [3.63, 3.8) is 0 Å². The van der Waals surface area contributed by atoms with Gasteiger partial charge in [-0.3, -0.25) is 4.68 Å². The topological polar surface area (TPSA) is 81.1 Å². The molecule has 0 radical (unpaired) electrons. The van der Waals surface area contributed by atoms with Crippen LogP contribution in [-0.4, -0.2) is 20.9 Å². The first kappa shape index (κ1) is 12.4. The lowest BCUT2D eigenvalue weighted by molar-refractivity contribution is 0.0697. The summed E-state index contributed by atoms with van der Waals surface area (Å²) in [7, 11) is 1.61. The number of hydrogen-bond acceptors (Lipinski definition) is 3. The number of aromatic nitrogens is 2. The Morgan fingerprint density at radius 3 is 2.78 bits per heavy atom. The van der Waals surface area contributed by atoms with Crippen molar-refractivity contribution in [1.82, 2.24) is 9.78 Å². The van der Waals surface area contributed by atoms with Crippen molar-refractivity contribution >= 4 is 23.4 Å². The van der Waals surface area contributed by atoms with Crippen molar-refractivity contribution < 1.29 is 9.90 Å². The van der Waals surface area contributed by atoms with Crippen LogP contribution >= 0.6 is 11.6 Å². The van der Waals surface area contributed by atoms with Crippen molar-refractivity contribution in [2.45, 2.75) is 6.42 Å². The lowest BCUT2D eigenvalue weighted by atomic mass is 10.1. The van der Waals surface area contributed by atoms with E-state index in [1.54, 1.807) is 13.1 Å². The molecule has 0 spiro atoms. The molecule has 0 saturated heterocycles. The van der Waals surface area contributed by atoms with Gasteiger partial charge in [0.15, 0.2) is 0 Å². The van der Waals surface area contributed by atoms with Crippen molar-refractivity contribution in [1.29, 1.82) is 0 Å². The number of nitrogens with two attached hydrogens (primary N) is 1. The minimum atomic E-state index is -1.08. The molecule has 3 N–H and O–H groups in total. The molecule has 2 aromatic rings. The molecule has 5 nitrogen and oxygen atoms in total. The molecule has 6 heteroatoms. The lowest BCUT2D eigenvalue weighted by Crippen LogP contribution is -2.05. The summed E-state index contributed by atoms with van der Waals surface area (Å²) >= 11 is 6.04. The highest BCUT2D eigenvalue weighted by Gasteiger charge is 2.20. The summed E-state index contributed by atoms with van der Waals surface area (Å²) in [5.41, 5.74) is 6.95. The number of carboxylic acid groups (broad SMARTS) is 1. The van der Waals surface area contributed by atoms with Crippen LogP contribution < -0.4 is 5.73 Å². The van der Waals surface area contributed by atoms with Crippen molar-refractivity contribution in [3.8, 4) is 0 Å². The molecular formula is C12H12ClN3O2. The first-order valence-corrected chi connectivity index (χ1v) is 5.66. The largest absolute Gasteiger partial charge is 0.477 e. The molecule has 0 aliphatic heterocycles. The predicted octanol–water partition coefficient (Wildman–Crippen LogP) is 1.94. The van der Waals surface area contributed by atoms with Gasteiger partial charge in [-0.15, -0.1) is 0 Å². The SMILES string of the molecule is Cn1nc(Cc2ccccc2Cl)c(C(=O)O)c1N. The average Bonchev–Trinajstić information content (AvgIpc) is 2.58. The standard InChI is InChI=1S/C12H12ClN3O2/c1-16-11(14)10(12(17)18)9(15-16)6-7-4-2-3-5-8(7)13/h2-5H,6,14H2,1H3,(H,17,18). The van der Waals surface area contributed by atoms with Gasteiger partial charge in [-0.05, 0) is 11.6 Å². The fourth-order valence-electron chi connectivity index (χ4n) is 1.77. The monoisotopic (exact) mass is 265 g/mol. The van der Waals surface area contributed by atoms with Crippen molar-refractivity contribution in [2.75, 3.05) is 5.73 Å². The Hall–Kier alpha value is -2.01. The van der Waals surface area contributed by atoms with Gasteiger partial charge in [0.05, 0.1) is 5.69 Å². The van der Waals surface area contributed by atoms with E-state index in [0.29, 0.717) is 17.1 Å². The minimum absolute atomic E-state index is 0.0393. The second kappa shape index (κ2) is 4.70. The van der Waals surface area contributed by atoms with Gasteiger partial charge < -0.3 is 10.8 Å². The van der Waals surface area contributed by atoms with Crippen LogP contribution in [0, 0.1) is 0 Å². The van der Waals surface area contributed by atoms with Gasteiger partial charge in [0, 0.05) is 18.5 Å². The van der Waals surface area contributed by atoms with Crippen LogP contribution in [0.5, 0.6) is 0 Å². The molecule has 0 saturated carbocycles. The molecule has 0 aliphatic carbocycles. The maximum atomic E-state index is 11.2. The van der Waals surface area contributed by atoms with Gasteiger partial charge in [0.2, 0.25) is 0 Å². The predicted molar refractivity (Wildman–Crippen MR) is 68.8 cm³/mol. The van der Waals surface area contributed by atoms with E-state index in [0.717, 1.165) is 5.56 Å². The number of nitrogens with zero attached hydrogens (tertiary/aromatic N) is 2. The number of anilines is 1. The van der Waals surface area contributed by atoms with Gasteiger partial charge in [-0.2, -0.15) is 5.10 Å². The Balaban J connectivity index is 2.44. The third-order valence-corrected chi connectivity index (χ3v) is 3.06. The number of aromatic carboxylic acids is 1. The van der Waals surface area contributed by atoms with Crippen LogP contribution in [0.25, 0.3) is 0 Å². The second-order valence-corrected chi connectivity index (χ2v) is 4.31. The summed E-state index contributed by atoms with van der Waals surface area (Å²) < 4.78 is 1.36. The Morgan fingerprint density at radius 2 is 2.17 bits per heavy atom. The molecule has 0 bridgehead atoms. The first-order chi connectivity index (χ1) is 8.50. The third-order valence-electron chi connectivity index (χ3n) is 2.69. The lowest BCUT2D eigenvalue weighted by Gasteiger charge is -2.02. The highest BCUT2D eigenvalue weighted by Crippen LogP contribution is 2.23. The molecule has 94 valence electrons. The summed E-state index contributed by atoms with van der Waals surface area (Å²) in [6, 6.07) is 7.24. The Morgan fingerprint density at radius 1 is 1.50 bits per heavy atom. The minimum Gasteiger partial charge on any atom is -0.477 e. The summed E-state index contributed by atoms with van der Waals surface area (Å²) in [5.74, 6) is -0.938. The fourth-order valence-corrected chi connectivity index (χ4v) is 1.98. The van der Waals surface area contributed by atoms with Crippen LogP contribution in [0.3, 0.4) is 0 Å². The van der Waals surface area contributed by atoms with Crippen molar-refractivity contribution in [3.05, 3.63) is 46.1 Å². The fraction of sp³-hybridized carbons (Fsp3) is 0.167. The summed E-state index contributed by atoms with van der Waals surface area (Å²) in [6.45, 7) is 0. The van der Waals surface area contributed by atoms with E-state index < -0.39 is 5.97 Å². The van der Waals surface area contributed by atoms with Crippen LogP contribution in [0.2, 0.25) is 5.02 Å². The molecule has 0 amide bonds. The Bertz CT molecular complexity index is 607. The van der Waals surface area contributed by atoms with Crippen LogP contribution in [0.4, 0.5) is 5.82 Å². The van der Waals surface area contributed by atoms with Crippen molar-refractivity contribution in [2.24, 2.45) is 7.05 Å². The van der Waals surface area contributed by atoms with E-state index in [1.807, 2.05) is 18.2 Å². The van der Waals surface area contributed by atoms with Crippen LogP contribution in [0.15, 0.2) is 24.3 Å². The zero-order valence-electron chi connectivity index (χ0n) is 9.72. The Labute approximate surface area is 109 Å². The zero-order valence-corrected chi connectivity index (χ0v) is 10.5. The van der Waals surface area contributed by atoms with Crippen LogP contribution in [-0.2, 0) is 13.5 Å². The summed E-state index contributed by atoms with van der Waals surface area (Å²) in [4.78, 5) is 11.2. The van der Waals surface area contributed by atoms with E-state index in [9.17, 15) is 4.79 Å². The number of benzene rings is 1. The molecule has 1 heterocycles. The van der Waals surface area contributed by atoms with Crippen LogP contribution in [0.1, 0.15) is 21.6 Å². The number of hydrogen-bond donors (Lipinski definition) is 2. The molecule has 1 aromatic heterocycles. The smallest absolute Gasteiger partial charge is 0.341 e. The summed E-state index contributed by atoms with van der Waals surface area (Å²) in [5, 5.41) is 13.8. The van der Waals surface area contributed by atoms with E-state index in [4.69, 9.17) is 22.4 Å². The van der Waals surface area contributed by atoms with E-state index >= 15 is 0 Å². The van der Waals surface area contributed by atoms with E-state index in [1.165, 1.54) is 4.68 Å². The van der Waals surface area contributed by atoms with Gasteiger partial charge >= 0.3 is 5.97 Å². The Kier molecular flexibility index (Phi) is 3.25. The van der Waals surface area contributed by atoms with Gasteiger partial charge in [-0.1, -0.05) is 29.8 Å². The molecule has 0 aliphatic rings. The quantitative estimate of drug-likeness (QED) is 0.889. The zero-order chi connectivity index (χ0) is 13.3. The highest BCUT2D eigenvalue weighted by atomic mass is 35.5. The number of rotatable bonds is 3. The van der Waals surface area contributed by atoms with E-state index in [-0.39, 0.29) is 11.4 Å². The van der Waals surface area contributed by atoms with Gasteiger partial charge in [0.25, 0.3) is 0 Å². The maximum Gasteiger partial charge on any atom is 0.341 e. The molecular weight excluding hydrogens is 254 g/mol. The second-order valence-electron chi connectivity index (χ2n) is 3.90. The molecule has 2 rings (SSSR count). The number of halogens is 1. The molecule has 18 heavy (non-hydrogen) atoms. The normalized spacial score (nSPS) is 10.6. The highest BCUT2D eigenvalue weighted by molar-refractivity contribution is 6.31. The number of carbonyl (C=O) groups is 1. The number of carboxylic acids is 1. The van der Waals surface area contributed by atoms with Gasteiger partial charge in [0.1, 0.15) is 11.4 Å². The molecule has 0 fully saturated rings.